The smallest absolute Gasteiger partial charge is 0.0758 e. The summed E-state index contributed by atoms with van der Waals surface area (Å²) in [5.41, 5.74) is 2.52. The topological polar surface area (TPSA) is 29.0 Å². The molecule has 0 N–H and O–H groups in total. The molecule has 1 atom stereocenters. The van der Waals surface area contributed by atoms with Crippen LogP contribution in [0.2, 0.25) is 0 Å². The van der Waals surface area contributed by atoms with Crippen LogP contribution in [0.15, 0.2) is 35.4 Å². The van der Waals surface area contributed by atoms with E-state index in [0.29, 0.717) is 6.04 Å². The summed E-state index contributed by atoms with van der Waals surface area (Å²) in [4.78, 5) is 11.1. The Morgan fingerprint density at radius 1 is 1.41 bits per heavy atom. The van der Waals surface area contributed by atoms with E-state index in [4.69, 9.17) is 0 Å². The normalized spacial score (nSPS) is 20.8. The molecule has 0 bridgehead atoms. The average Bonchev–Trinajstić information content (AvgIpc) is 3.02. The fourth-order valence-corrected chi connectivity index (χ4v) is 3.11. The second-order valence-corrected chi connectivity index (χ2v) is 5.17. The van der Waals surface area contributed by atoms with Gasteiger partial charge in [-0.05, 0) is 41.8 Å². The lowest BCUT2D eigenvalue weighted by atomic mass is 10.1. The van der Waals surface area contributed by atoms with Gasteiger partial charge in [0.05, 0.1) is 11.7 Å². The van der Waals surface area contributed by atoms with Gasteiger partial charge in [-0.15, -0.1) is 0 Å². The highest BCUT2D eigenvalue weighted by Gasteiger charge is 2.26. The lowest BCUT2D eigenvalue weighted by molar-refractivity contribution is 0.244. The van der Waals surface area contributed by atoms with Crippen LogP contribution in [-0.4, -0.2) is 21.4 Å². The molecule has 1 aliphatic rings. The van der Waals surface area contributed by atoms with Crippen molar-refractivity contribution < 1.29 is 0 Å². The van der Waals surface area contributed by atoms with Crippen LogP contribution in [0.5, 0.6) is 0 Å². The molecule has 0 unspecified atom stereocenters. The predicted molar refractivity (Wildman–Crippen MR) is 68.7 cm³/mol. The fourth-order valence-electron chi connectivity index (χ4n) is 2.45. The van der Waals surface area contributed by atoms with E-state index in [1.165, 1.54) is 18.4 Å². The van der Waals surface area contributed by atoms with Crippen LogP contribution in [0.3, 0.4) is 0 Å². The Bertz CT molecular complexity index is 455. The molecular weight excluding hydrogens is 230 g/mol. The summed E-state index contributed by atoms with van der Waals surface area (Å²) in [6.07, 6.45) is 7.88. The molecule has 17 heavy (non-hydrogen) atoms. The Balaban J connectivity index is 1.76. The molecule has 0 amide bonds. The molecule has 2 aromatic heterocycles. The van der Waals surface area contributed by atoms with Crippen LogP contribution in [-0.2, 0) is 6.54 Å². The number of hydrogen-bond donors (Lipinski definition) is 0. The van der Waals surface area contributed by atoms with Gasteiger partial charge in [0, 0.05) is 25.1 Å². The number of likely N-dealkylation sites (tertiary alicyclic amines) is 1. The molecule has 88 valence electrons. The largest absolute Gasteiger partial charge is 0.290 e. The first-order valence-electron chi connectivity index (χ1n) is 5.94. The molecular formula is C13H15N3S. The standard InChI is InChI=1S/C13H15N3S/c1-2-13(12-8-14-4-5-15-12)16(6-1)9-11-3-7-17-10-11/h3-5,7-8,10,13H,1-2,6,9H2/t13-/m1/s1. The Kier molecular flexibility index (Phi) is 3.16. The first-order valence-corrected chi connectivity index (χ1v) is 6.89. The van der Waals surface area contributed by atoms with Crippen LogP contribution >= 0.6 is 11.3 Å². The van der Waals surface area contributed by atoms with Crippen molar-refractivity contribution >= 4 is 11.3 Å². The molecule has 0 spiro atoms. The highest BCUT2D eigenvalue weighted by atomic mass is 32.1. The summed E-state index contributed by atoms with van der Waals surface area (Å²) in [5.74, 6) is 0. The zero-order valence-corrected chi connectivity index (χ0v) is 10.4. The van der Waals surface area contributed by atoms with Crippen molar-refractivity contribution in [3.05, 3.63) is 46.7 Å². The third kappa shape index (κ3) is 2.37. The summed E-state index contributed by atoms with van der Waals surface area (Å²) >= 11 is 1.77. The van der Waals surface area contributed by atoms with Crippen molar-refractivity contribution in [3.63, 3.8) is 0 Å². The van der Waals surface area contributed by atoms with Gasteiger partial charge < -0.3 is 0 Å². The Morgan fingerprint density at radius 3 is 3.18 bits per heavy atom. The average molecular weight is 245 g/mol. The zero-order chi connectivity index (χ0) is 11.5. The van der Waals surface area contributed by atoms with E-state index in [2.05, 4.69) is 31.7 Å². The first-order chi connectivity index (χ1) is 8.43. The Labute approximate surface area is 105 Å². The quantitative estimate of drug-likeness (QED) is 0.832. The summed E-state index contributed by atoms with van der Waals surface area (Å²) in [6, 6.07) is 2.65. The predicted octanol–water partition coefficient (Wildman–Crippen LogP) is 2.88. The van der Waals surface area contributed by atoms with Gasteiger partial charge in [-0.25, -0.2) is 0 Å². The van der Waals surface area contributed by atoms with Crippen molar-refractivity contribution in [2.24, 2.45) is 0 Å². The minimum atomic E-state index is 0.448. The SMILES string of the molecule is c1cnc([C@H]2CCCN2Cc2ccsc2)cn1. The van der Waals surface area contributed by atoms with Crippen molar-refractivity contribution in [3.8, 4) is 0 Å². The van der Waals surface area contributed by atoms with Crippen LogP contribution < -0.4 is 0 Å². The summed E-state index contributed by atoms with van der Waals surface area (Å²) in [5, 5.41) is 4.37. The van der Waals surface area contributed by atoms with Crippen molar-refractivity contribution in [1.82, 2.24) is 14.9 Å². The summed E-state index contributed by atoms with van der Waals surface area (Å²) in [7, 11) is 0. The lowest BCUT2D eigenvalue weighted by Gasteiger charge is -2.23. The third-order valence-electron chi connectivity index (χ3n) is 3.25. The van der Waals surface area contributed by atoms with Crippen molar-refractivity contribution in [2.75, 3.05) is 6.54 Å². The minimum Gasteiger partial charge on any atom is -0.290 e. The van der Waals surface area contributed by atoms with Gasteiger partial charge in [0.25, 0.3) is 0 Å². The second-order valence-electron chi connectivity index (χ2n) is 4.39. The van der Waals surface area contributed by atoms with Gasteiger partial charge in [0.1, 0.15) is 0 Å². The minimum absolute atomic E-state index is 0.448. The third-order valence-corrected chi connectivity index (χ3v) is 3.99. The van der Waals surface area contributed by atoms with Gasteiger partial charge in [0.2, 0.25) is 0 Å². The van der Waals surface area contributed by atoms with Gasteiger partial charge in [0.15, 0.2) is 0 Å². The highest BCUT2D eigenvalue weighted by molar-refractivity contribution is 7.07. The van der Waals surface area contributed by atoms with Gasteiger partial charge in [-0.3, -0.25) is 14.9 Å². The van der Waals surface area contributed by atoms with E-state index in [1.54, 1.807) is 23.7 Å². The molecule has 2 aromatic rings. The number of hydrogen-bond acceptors (Lipinski definition) is 4. The molecule has 3 nitrogen and oxygen atoms in total. The molecule has 3 rings (SSSR count). The molecule has 0 saturated carbocycles. The van der Waals surface area contributed by atoms with Gasteiger partial charge in [-0.2, -0.15) is 11.3 Å². The van der Waals surface area contributed by atoms with Gasteiger partial charge >= 0.3 is 0 Å². The summed E-state index contributed by atoms with van der Waals surface area (Å²) < 4.78 is 0. The van der Waals surface area contributed by atoms with Crippen molar-refractivity contribution in [1.29, 1.82) is 0 Å². The Hall–Kier alpha value is -1.26. The zero-order valence-electron chi connectivity index (χ0n) is 9.62. The Morgan fingerprint density at radius 2 is 2.41 bits per heavy atom. The lowest BCUT2D eigenvalue weighted by Crippen LogP contribution is -2.23. The number of thiophene rings is 1. The first kappa shape index (κ1) is 10.9. The number of rotatable bonds is 3. The van der Waals surface area contributed by atoms with E-state index in [-0.39, 0.29) is 0 Å². The monoisotopic (exact) mass is 245 g/mol. The molecule has 4 heteroatoms. The maximum Gasteiger partial charge on any atom is 0.0758 e. The second kappa shape index (κ2) is 4.94. The van der Waals surface area contributed by atoms with Gasteiger partial charge in [-0.1, -0.05) is 0 Å². The molecule has 1 fully saturated rings. The molecule has 3 heterocycles. The van der Waals surface area contributed by atoms with Crippen LogP contribution in [0.25, 0.3) is 0 Å². The fraction of sp³-hybridized carbons (Fsp3) is 0.385. The summed E-state index contributed by atoms with van der Waals surface area (Å²) in [6.45, 7) is 2.20. The van der Waals surface area contributed by atoms with E-state index in [0.717, 1.165) is 18.8 Å². The van der Waals surface area contributed by atoms with Crippen molar-refractivity contribution in [2.45, 2.75) is 25.4 Å². The maximum atomic E-state index is 4.44. The molecule has 0 radical (unpaired) electrons. The van der Waals surface area contributed by atoms with Crippen LogP contribution in [0, 0.1) is 0 Å². The van der Waals surface area contributed by atoms with E-state index < -0.39 is 0 Å². The molecule has 1 aliphatic heterocycles. The van der Waals surface area contributed by atoms with E-state index in [9.17, 15) is 0 Å². The van der Waals surface area contributed by atoms with Crippen LogP contribution in [0.4, 0.5) is 0 Å². The number of aromatic nitrogens is 2. The maximum absolute atomic E-state index is 4.44. The molecule has 0 aromatic carbocycles. The van der Waals surface area contributed by atoms with E-state index >= 15 is 0 Å². The van der Waals surface area contributed by atoms with E-state index in [1.807, 2.05) is 6.20 Å². The molecule has 1 saturated heterocycles. The van der Waals surface area contributed by atoms with Crippen LogP contribution in [0.1, 0.15) is 30.1 Å². The molecule has 0 aliphatic carbocycles. The highest BCUT2D eigenvalue weighted by Crippen LogP contribution is 2.31. The number of nitrogens with zero attached hydrogens (tertiary/aromatic N) is 3.